The Labute approximate surface area is 122 Å². The number of aromatic nitrogens is 1. The van der Waals surface area contributed by atoms with Crippen molar-refractivity contribution >= 4 is 17.4 Å². The van der Waals surface area contributed by atoms with Crippen molar-refractivity contribution in [1.82, 2.24) is 4.98 Å². The van der Waals surface area contributed by atoms with E-state index in [9.17, 15) is 4.39 Å². The number of hydrogen-bond acceptors (Lipinski definition) is 3. The van der Waals surface area contributed by atoms with E-state index < -0.39 is 0 Å². The number of nitriles is 1. The van der Waals surface area contributed by atoms with E-state index >= 15 is 0 Å². The molecule has 2 aromatic rings. The largest absolute Gasteiger partial charge is 0.370 e. The van der Waals surface area contributed by atoms with Crippen LogP contribution in [-0.2, 0) is 6.42 Å². The minimum Gasteiger partial charge on any atom is -0.370 e. The number of benzene rings is 1. The summed E-state index contributed by atoms with van der Waals surface area (Å²) in [5, 5.41) is 12.2. The fourth-order valence-electron chi connectivity index (χ4n) is 1.92. The fraction of sp³-hybridized carbons (Fsp3) is 0.200. The number of aryl methyl sites for hydroxylation is 1. The van der Waals surface area contributed by atoms with Crippen LogP contribution in [0.15, 0.2) is 30.3 Å². The van der Waals surface area contributed by atoms with Gasteiger partial charge in [0.05, 0.1) is 11.6 Å². The molecule has 0 aliphatic rings. The summed E-state index contributed by atoms with van der Waals surface area (Å²) in [5.74, 6) is 0.336. The molecule has 20 heavy (non-hydrogen) atoms. The maximum Gasteiger partial charge on any atom is 0.132 e. The van der Waals surface area contributed by atoms with Gasteiger partial charge in [0.25, 0.3) is 0 Å². The van der Waals surface area contributed by atoms with Crippen LogP contribution in [0.1, 0.15) is 16.7 Å². The Morgan fingerprint density at radius 2 is 2.15 bits per heavy atom. The van der Waals surface area contributed by atoms with Gasteiger partial charge >= 0.3 is 0 Å². The second-order valence-corrected chi connectivity index (χ2v) is 4.81. The maximum atomic E-state index is 13.0. The van der Waals surface area contributed by atoms with Gasteiger partial charge in [-0.2, -0.15) is 5.26 Å². The van der Waals surface area contributed by atoms with Crippen molar-refractivity contribution in [3.63, 3.8) is 0 Å². The lowest BCUT2D eigenvalue weighted by molar-refractivity contribution is 0.625. The maximum absolute atomic E-state index is 13.0. The summed E-state index contributed by atoms with van der Waals surface area (Å²) in [6, 6.07) is 9.92. The Morgan fingerprint density at radius 1 is 1.35 bits per heavy atom. The summed E-state index contributed by atoms with van der Waals surface area (Å²) in [5.41, 5.74) is 2.45. The minimum atomic E-state index is -0.227. The lowest BCUT2D eigenvalue weighted by Gasteiger charge is -2.08. The van der Waals surface area contributed by atoms with E-state index in [2.05, 4.69) is 10.3 Å². The summed E-state index contributed by atoms with van der Waals surface area (Å²) < 4.78 is 13.0. The molecule has 0 bridgehead atoms. The van der Waals surface area contributed by atoms with Crippen molar-refractivity contribution in [2.45, 2.75) is 13.3 Å². The van der Waals surface area contributed by atoms with Crippen LogP contribution in [0.25, 0.3) is 0 Å². The Kier molecular flexibility index (Phi) is 4.54. The molecule has 0 radical (unpaired) electrons. The third-order valence-electron chi connectivity index (χ3n) is 2.93. The number of rotatable bonds is 4. The van der Waals surface area contributed by atoms with E-state index in [1.165, 1.54) is 18.2 Å². The molecular formula is C15H13ClFN3. The molecular weight excluding hydrogens is 277 g/mol. The lowest BCUT2D eigenvalue weighted by atomic mass is 10.1. The number of nitrogens with zero attached hydrogens (tertiary/aromatic N) is 2. The molecule has 102 valence electrons. The van der Waals surface area contributed by atoms with Crippen LogP contribution in [0.5, 0.6) is 0 Å². The first-order chi connectivity index (χ1) is 9.58. The molecule has 1 aromatic carbocycles. The highest BCUT2D eigenvalue weighted by atomic mass is 35.5. The molecule has 0 spiro atoms. The number of pyridine rings is 1. The zero-order valence-electron chi connectivity index (χ0n) is 11.0. The first kappa shape index (κ1) is 14.3. The van der Waals surface area contributed by atoms with Gasteiger partial charge in [-0.25, -0.2) is 9.37 Å². The van der Waals surface area contributed by atoms with Crippen molar-refractivity contribution in [3.8, 4) is 6.07 Å². The molecule has 0 saturated carbocycles. The summed E-state index contributed by atoms with van der Waals surface area (Å²) >= 11 is 5.82. The van der Waals surface area contributed by atoms with E-state index in [1.54, 1.807) is 12.1 Å². The summed E-state index contributed by atoms with van der Waals surface area (Å²) in [6.45, 7) is 2.51. The van der Waals surface area contributed by atoms with Crippen molar-refractivity contribution in [2.24, 2.45) is 0 Å². The van der Waals surface area contributed by atoms with E-state index in [0.717, 1.165) is 17.5 Å². The Hall–Kier alpha value is -2.12. The van der Waals surface area contributed by atoms with Crippen LogP contribution in [0.4, 0.5) is 10.2 Å². The Balaban J connectivity index is 1.99. The average molecular weight is 290 g/mol. The van der Waals surface area contributed by atoms with Crippen LogP contribution in [0, 0.1) is 24.1 Å². The van der Waals surface area contributed by atoms with E-state index in [1.807, 2.05) is 13.0 Å². The molecule has 3 nitrogen and oxygen atoms in total. The second kappa shape index (κ2) is 6.36. The fourth-order valence-corrected chi connectivity index (χ4v) is 2.13. The van der Waals surface area contributed by atoms with E-state index in [-0.39, 0.29) is 11.0 Å². The summed E-state index contributed by atoms with van der Waals surface area (Å²) in [7, 11) is 0. The number of halogens is 2. The van der Waals surface area contributed by atoms with Crippen LogP contribution in [0.2, 0.25) is 5.15 Å². The van der Waals surface area contributed by atoms with Crippen molar-refractivity contribution in [3.05, 3.63) is 58.0 Å². The van der Waals surface area contributed by atoms with Crippen molar-refractivity contribution in [2.75, 3.05) is 11.9 Å². The molecule has 0 aliphatic carbocycles. The van der Waals surface area contributed by atoms with Crippen molar-refractivity contribution < 1.29 is 4.39 Å². The number of hydrogen-bond donors (Lipinski definition) is 1. The van der Waals surface area contributed by atoms with Gasteiger partial charge in [0.2, 0.25) is 0 Å². The van der Waals surface area contributed by atoms with Gasteiger partial charge in [-0.15, -0.1) is 0 Å². The molecule has 1 aromatic heterocycles. The van der Waals surface area contributed by atoms with Gasteiger partial charge < -0.3 is 5.32 Å². The SMILES string of the molecule is Cc1cc(F)ccc1CCNc1cc(C#N)cc(Cl)n1. The third-order valence-corrected chi connectivity index (χ3v) is 3.12. The van der Waals surface area contributed by atoms with Crippen LogP contribution in [-0.4, -0.2) is 11.5 Å². The third kappa shape index (κ3) is 3.69. The molecule has 0 saturated heterocycles. The standard InChI is InChI=1S/C15H13ClFN3/c1-10-6-13(17)3-2-12(10)4-5-19-15-8-11(9-18)7-14(16)20-15/h2-3,6-8H,4-5H2,1H3,(H,19,20). The molecule has 5 heteroatoms. The molecule has 1 heterocycles. The monoisotopic (exact) mass is 289 g/mol. The quantitative estimate of drug-likeness (QED) is 0.873. The van der Waals surface area contributed by atoms with Gasteiger partial charge in [0.1, 0.15) is 16.8 Å². The Morgan fingerprint density at radius 3 is 2.85 bits per heavy atom. The molecule has 0 atom stereocenters. The number of anilines is 1. The highest BCUT2D eigenvalue weighted by molar-refractivity contribution is 6.29. The van der Waals surface area contributed by atoms with Crippen LogP contribution in [0.3, 0.4) is 0 Å². The predicted octanol–water partition coefficient (Wildman–Crippen LogP) is 3.71. The lowest BCUT2D eigenvalue weighted by Crippen LogP contribution is -2.07. The van der Waals surface area contributed by atoms with Gasteiger partial charge in [-0.3, -0.25) is 0 Å². The van der Waals surface area contributed by atoms with E-state index in [4.69, 9.17) is 16.9 Å². The highest BCUT2D eigenvalue weighted by Crippen LogP contribution is 2.15. The summed E-state index contributed by atoms with van der Waals surface area (Å²) in [4.78, 5) is 4.09. The molecule has 0 unspecified atom stereocenters. The number of nitrogens with one attached hydrogen (secondary N) is 1. The van der Waals surface area contributed by atoms with Crippen molar-refractivity contribution in [1.29, 1.82) is 5.26 Å². The second-order valence-electron chi connectivity index (χ2n) is 4.42. The van der Waals surface area contributed by atoms with Gasteiger partial charge in [-0.1, -0.05) is 17.7 Å². The predicted molar refractivity (Wildman–Crippen MR) is 77.3 cm³/mol. The minimum absolute atomic E-state index is 0.227. The Bertz CT molecular complexity index is 665. The van der Waals surface area contributed by atoms with Gasteiger partial charge in [-0.05, 0) is 48.7 Å². The zero-order valence-corrected chi connectivity index (χ0v) is 11.7. The topological polar surface area (TPSA) is 48.7 Å². The molecule has 0 amide bonds. The molecule has 1 N–H and O–H groups in total. The highest BCUT2D eigenvalue weighted by Gasteiger charge is 2.03. The van der Waals surface area contributed by atoms with E-state index in [0.29, 0.717) is 17.9 Å². The van der Waals surface area contributed by atoms with Crippen LogP contribution >= 0.6 is 11.6 Å². The molecule has 2 rings (SSSR count). The zero-order chi connectivity index (χ0) is 14.5. The molecule has 0 aliphatic heterocycles. The van der Waals surface area contributed by atoms with Gasteiger partial charge in [0.15, 0.2) is 0 Å². The summed E-state index contributed by atoms with van der Waals surface area (Å²) in [6.07, 6.45) is 0.738. The van der Waals surface area contributed by atoms with Gasteiger partial charge in [0, 0.05) is 6.54 Å². The average Bonchev–Trinajstić information content (AvgIpc) is 2.40. The normalized spacial score (nSPS) is 10.1. The first-order valence-electron chi connectivity index (χ1n) is 6.15. The van der Waals surface area contributed by atoms with Crippen LogP contribution < -0.4 is 5.32 Å². The first-order valence-corrected chi connectivity index (χ1v) is 6.53. The molecule has 0 fully saturated rings. The smallest absolute Gasteiger partial charge is 0.132 e.